The van der Waals surface area contributed by atoms with Gasteiger partial charge in [-0.3, -0.25) is 4.79 Å². The number of nitrogens with zero attached hydrogens (tertiary/aromatic N) is 1. The molecule has 0 saturated carbocycles. The highest BCUT2D eigenvalue weighted by atomic mass is 32.1. The lowest BCUT2D eigenvalue weighted by atomic mass is 10.2. The molecule has 1 aromatic carbocycles. The lowest BCUT2D eigenvalue weighted by Crippen LogP contribution is -2.21. The molecule has 0 radical (unpaired) electrons. The third kappa shape index (κ3) is 3.77. The van der Waals surface area contributed by atoms with Crippen LogP contribution in [0, 0.1) is 0 Å². The van der Waals surface area contributed by atoms with E-state index < -0.39 is 0 Å². The standard InChI is InChI=1S/C12H17NO2S/c1-9(2)15-11-7-5-4-6-10(11)8-13(3)12(14)16/h4-7,9H,8H2,1-3H3,(H,14,16). The molecule has 0 heterocycles. The molecule has 0 N–H and O–H groups in total. The number of rotatable bonds is 4. The predicted octanol–water partition coefficient (Wildman–Crippen LogP) is 2.96. The molecule has 1 aromatic rings. The molecule has 1 amide bonds. The van der Waals surface area contributed by atoms with Gasteiger partial charge >= 0.3 is 0 Å². The zero-order valence-corrected chi connectivity index (χ0v) is 10.7. The molecule has 0 aliphatic carbocycles. The molecule has 4 heteroatoms. The summed E-state index contributed by atoms with van der Waals surface area (Å²) in [6.45, 7) is 4.46. The number of hydrogen-bond donors (Lipinski definition) is 1. The average Bonchev–Trinajstić information content (AvgIpc) is 2.20. The topological polar surface area (TPSA) is 29.5 Å². The van der Waals surface area contributed by atoms with Crippen molar-refractivity contribution in [2.45, 2.75) is 26.5 Å². The van der Waals surface area contributed by atoms with Gasteiger partial charge in [0.2, 0.25) is 0 Å². The summed E-state index contributed by atoms with van der Waals surface area (Å²) >= 11 is 3.77. The minimum Gasteiger partial charge on any atom is -0.491 e. The van der Waals surface area contributed by atoms with Crippen molar-refractivity contribution in [3.05, 3.63) is 29.8 Å². The number of hydrogen-bond acceptors (Lipinski definition) is 2. The summed E-state index contributed by atoms with van der Waals surface area (Å²) < 4.78 is 5.66. The molecular formula is C12H17NO2S. The van der Waals surface area contributed by atoms with Gasteiger partial charge in [0, 0.05) is 19.2 Å². The molecule has 88 valence electrons. The molecular weight excluding hydrogens is 222 g/mol. The van der Waals surface area contributed by atoms with Crippen LogP contribution in [0.5, 0.6) is 5.75 Å². The van der Waals surface area contributed by atoms with Crippen molar-refractivity contribution in [2.24, 2.45) is 0 Å². The minimum absolute atomic E-state index is 0.123. The minimum atomic E-state index is -0.251. The zero-order chi connectivity index (χ0) is 12.1. The fourth-order valence-electron chi connectivity index (χ4n) is 1.33. The highest BCUT2D eigenvalue weighted by molar-refractivity contribution is 7.96. The summed E-state index contributed by atoms with van der Waals surface area (Å²) in [5, 5.41) is -0.251. The molecule has 0 spiro atoms. The molecule has 16 heavy (non-hydrogen) atoms. The normalized spacial score (nSPS) is 10.3. The number of thiol groups is 1. The van der Waals surface area contributed by atoms with Gasteiger partial charge in [0.1, 0.15) is 5.75 Å². The van der Waals surface area contributed by atoms with Crippen LogP contribution >= 0.6 is 12.6 Å². The fourth-order valence-corrected chi connectivity index (χ4v) is 1.40. The number of ether oxygens (including phenoxy) is 1. The first kappa shape index (κ1) is 12.9. The highest BCUT2D eigenvalue weighted by Crippen LogP contribution is 2.21. The number of benzene rings is 1. The van der Waals surface area contributed by atoms with E-state index in [1.807, 2.05) is 38.1 Å². The van der Waals surface area contributed by atoms with Crippen LogP contribution in [-0.4, -0.2) is 23.3 Å². The molecule has 0 unspecified atom stereocenters. The Balaban J connectivity index is 2.82. The number of amides is 1. The van der Waals surface area contributed by atoms with Crippen molar-refractivity contribution in [1.82, 2.24) is 4.90 Å². The molecule has 0 aliphatic heterocycles. The van der Waals surface area contributed by atoms with Gasteiger partial charge in [-0.2, -0.15) is 0 Å². The van der Waals surface area contributed by atoms with Crippen LogP contribution in [-0.2, 0) is 6.54 Å². The summed E-state index contributed by atoms with van der Waals surface area (Å²) in [7, 11) is 1.71. The summed E-state index contributed by atoms with van der Waals surface area (Å²) in [6.07, 6.45) is 0.123. The summed E-state index contributed by atoms with van der Waals surface area (Å²) in [5.74, 6) is 0.818. The Morgan fingerprint density at radius 1 is 1.44 bits per heavy atom. The first-order valence-electron chi connectivity index (χ1n) is 5.19. The molecule has 0 atom stereocenters. The van der Waals surface area contributed by atoms with Gasteiger partial charge in [-0.1, -0.05) is 30.8 Å². The van der Waals surface area contributed by atoms with Crippen LogP contribution in [0.25, 0.3) is 0 Å². The van der Waals surface area contributed by atoms with Crippen LogP contribution in [0.1, 0.15) is 19.4 Å². The highest BCUT2D eigenvalue weighted by Gasteiger charge is 2.09. The molecule has 0 aliphatic rings. The summed E-state index contributed by atoms with van der Waals surface area (Å²) in [6, 6.07) is 7.71. The van der Waals surface area contributed by atoms with E-state index in [2.05, 4.69) is 12.6 Å². The summed E-state index contributed by atoms with van der Waals surface area (Å²) in [5.41, 5.74) is 0.987. The van der Waals surface area contributed by atoms with Gasteiger partial charge in [0.25, 0.3) is 5.24 Å². The van der Waals surface area contributed by atoms with Crippen molar-refractivity contribution in [3.63, 3.8) is 0 Å². The molecule has 0 aromatic heterocycles. The Labute approximate surface area is 102 Å². The first-order chi connectivity index (χ1) is 7.50. The van der Waals surface area contributed by atoms with Gasteiger partial charge in [-0.05, 0) is 19.9 Å². The Morgan fingerprint density at radius 2 is 2.06 bits per heavy atom. The summed E-state index contributed by atoms with van der Waals surface area (Å²) in [4.78, 5) is 12.6. The molecule has 0 bridgehead atoms. The van der Waals surface area contributed by atoms with E-state index in [1.54, 1.807) is 7.05 Å². The molecule has 0 saturated heterocycles. The van der Waals surface area contributed by atoms with Gasteiger partial charge in [-0.15, -0.1) is 0 Å². The van der Waals surface area contributed by atoms with E-state index in [0.717, 1.165) is 11.3 Å². The maximum Gasteiger partial charge on any atom is 0.278 e. The lowest BCUT2D eigenvalue weighted by molar-refractivity contribution is 0.225. The third-order valence-electron chi connectivity index (χ3n) is 2.07. The fraction of sp³-hybridized carbons (Fsp3) is 0.417. The van der Waals surface area contributed by atoms with Crippen LogP contribution in [0.4, 0.5) is 4.79 Å². The SMILES string of the molecule is CC(C)Oc1ccccc1CN(C)C(=O)S. The number of carbonyl (C=O) groups is 1. The Hall–Kier alpha value is -1.16. The maximum absolute atomic E-state index is 11.0. The van der Waals surface area contributed by atoms with E-state index in [1.165, 1.54) is 4.90 Å². The van der Waals surface area contributed by atoms with Crippen LogP contribution in [0.2, 0.25) is 0 Å². The van der Waals surface area contributed by atoms with E-state index in [4.69, 9.17) is 4.74 Å². The van der Waals surface area contributed by atoms with Crippen molar-refractivity contribution in [3.8, 4) is 5.75 Å². The van der Waals surface area contributed by atoms with Gasteiger partial charge in [-0.25, -0.2) is 0 Å². The second-order valence-electron chi connectivity index (χ2n) is 3.91. The van der Waals surface area contributed by atoms with Crippen molar-refractivity contribution in [2.75, 3.05) is 7.05 Å². The van der Waals surface area contributed by atoms with Crippen molar-refractivity contribution >= 4 is 17.9 Å². The van der Waals surface area contributed by atoms with Gasteiger partial charge in [0.15, 0.2) is 0 Å². The Bertz CT molecular complexity index is 366. The quantitative estimate of drug-likeness (QED) is 0.819. The molecule has 3 nitrogen and oxygen atoms in total. The number of para-hydroxylation sites is 1. The van der Waals surface area contributed by atoms with E-state index in [0.29, 0.717) is 6.54 Å². The number of carbonyl (C=O) groups excluding carboxylic acids is 1. The molecule has 0 fully saturated rings. The predicted molar refractivity (Wildman–Crippen MR) is 68.1 cm³/mol. The van der Waals surface area contributed by atoms with Crippen LogP contribution < -0.4 is 4.74 Å². The Morgan fingerprint density at radius 3 is 2.62 bits per heavy atom. The average molecular weight is 239 g/mol. The first-order valence-corrected chi connectivity index (χ1v) is 5.64. The van der Waals surface area contributed by atoms with Gasteiger partial charge in [0.05, 0.1) is 6.10 Å². The van der Waals surface area contributed by atoms with E-state index in [-0.39, 0.29) is 11.3 Å². The smallest absolute Gasteiger partial charge is 0.278 e. The lowest BCUT2D eigenvalue weighted by Gasteiger charge is -2.18. The monoisotopic (exact) mass is 239 g/mol. The molecule has 1 rings (SSSR count). The van der Waals surface area contributed by atoms with Crippen LogP contribution in [0.3, 0.4) is 0 Å². The second kappa shape index (κ2) is 5.80. The Kier molecular flexibility index (Phi) is 4.68. The second-order valence-corrected chi connectivity index (χ2v) is 4.30. The van der Waals surface area contributed by atoms with Crippen LogP contribution in [0.15, 0.2) is 24.3 Å². The van der Waals surface area contributed by atoms with Gasteiger partial charge < -0.3 is 9.64 Å². The maximum atomic E-state index is 11.0. The largest absolute Gasteiger partial charge is 0.491 e. The van der Waals surface area contributed by atoms with E-state index in [9.17, 15) is 4.79 Å². The van der Waals surface area contributed by atoms with Crippen molar-refractivity contribution < 1.29 is 9.53 Å². The van der Waals surface area contributed by atoms with E-state index >= 15 is 0 Å². The third-order valence-corrected chi connectivity index (χ3v) is 2.41. The van der Waals surface area contributed by atoms with Crippen molar-refractivity contribution in [1.29, 1.82) is 0 Å². The zero-order valence-electron chi connectivity index (χ0n) is 9.80.